The highest BCUT2D eigenvalue weighted by Crippen LogP contribution is 2.16. The standard InChI is InChI=1S/C11H10F2O3/c1-2-16-10(15)5-8-7(6-14)3-4-9(12)11(8)13/h3-4,6H,2,5H2,1H3. The van der Waals surface area contributed by atoms with Crippen LogP contribution in [0.15, 0.2) is 12.1 Å². The molecule has 0 unspecified atom stereocenters. The van der Waals surface area contributed by atoms with Crippen LogP contribution in [-0.4, -0.2) is 18.9 Å². The summed E-state index contributed by atoms with van der Waals surface area (Å²) in [5.74, 6) is -2.97. The third-order valence-electron chi connectivity index (χ3n) is 1.99. The van der Waals surface area contributed by atoms with E-state index in [4.69, 9.17) is 0 Å². The maximum atomic E-state index is 13.3. The quantitative estimate of drug-likeness (QED) is 0.583. The molecule has 86 valence electrons. The summed E-state index contributed by atoms with van der Waals surface area (Å²) in [6.45, 7) is 1.74. The van der Waals surface area contributed by atoms with Crippen LogP contribution in [-0.2, 0) is 16.0 Å². The Hall–Kier alpha value is -1.78. The smallest absolute Gasteiger partial charge is 0.310 e. The Kier molecular flexibility index (Phi) is 4.10. The van der Waals surface area contributed by atoms with Crippen LogP contribution in [0, 0.1) is 11.6 Å². The van der Waals surface area contributed by atoms with Crippen molar-refractivity contribution in [3.05, 3.63) is 34.9 Å². The van der Waals surface area contributed by atoms with Gasteiger partial charge in [-0.25, -0.2) is 8.78 Å². The van der Waals surface area contributed by atoms with Crippen LogP contribution in [0.1, 0.15) is 22.8 Å². The Morgan fingerprint density at radius 1 is 1.44 bits per heavy atom. The highest BCUT2D eigenvalue weighted by Gasteiger charge is 2.16. The average molecular weight is 228 g/mol. The van der Waals surface area contributed by atoms with Crippen LogP contribution in [0.2, 0.25) is 0 Å². The van der Waals surface area contributed by atoms with E-state index in [1.165, 1.54) is 0 Å². The lowest BCUT2D eigenvalue weighted by atomic mass is 10.0. The van der Waals surface area contributed by atoms with E-state index in [0.717, 1.165) is 12.1 Å². The van der Waals surface area contributed by atoms with Gasteiger partial charge in [0.15, 0.2) is 11.6 Å². The second kappa shape index (κ2) is 5.34. The van der Waals surface area contributed by atoms with Gasteiger partial charge < -0.3 is 4.74 Å². The van der Waals surface area contributed by atoms with Crippen LogP contribution in [0.4, 0.5) is 8.78 Å². The van der Waals surface area contributed by atoms with E-state index in [9.17, 15) is 18.4 Å². The first kappa shape index (κ1) is 12.3. The number of carbonyl (C=O) groups is 2. The number of aldehydes is 1. The van der Waals surface area contributed by atoms with E-state index in [0.29, 0.717) is 6.29 Å². The number of ether oxygens (including phenoxy) is 1. The van der Waals surface area contributed by atoms with Crippen molar-refractivity contribution in [2.24, 2.45) is 0 Å². The Balaban J connectivity index is 3.05. The highest BCUT2D eigenvalue weighted by molar-refractivity contribution is 5.81. The lowest BCUT2D eigenvalue weighted by Gasteiger charge is -2.06. The maximum absolute atomic E-state index is 13.3. The summed E-state index contributed by atoms with van der Waals surface area (Å²) in [7, 11) is 0. The van der Waals surface area contributed by atoms with Gasteiger partial charge in [0.2, 0.25) is 0 Å². The van der Waals surface area contributed by atoms with Gasteiger partial charge in [0.05, 0.1) is 13.0 Å². The largest absolute Gasteiger partial charge is 0.466 e. The number of carbonyl (C=O) groups excluding carboxylic acids is 2. The monoisotopic (exact) mass is 228 g/mol. The van der Waals surface area contributed by atoms with Crippen LogP contribution in [0.5, 0.6) is 0 Å². The number of benzene rings is 1. The molecule has 0 aromatic heterocycles. The molecule has 0 amide bonds. The molecule has 1 rings (SSSR count). The zero-order chi connectivity index (χ0) is 12.1. The van der Waals surface area contributed by atoms with E-state index in [-0.39, 0.29) is 17.7 Å². The van der Waals surface area contributed by atoms with Crippen molar-refractivity contribution >= 4 is 12.3 Å². The lowest BCUT2D eigenvalue weighted by Crippen LogP contribution is -2.11. The van der Waals surface area contributed by atoms with E-state index >= 15 is 0 Å². The molecule has 0 saturated heterocycles. The molecule has 0 heterocycles. The Morgan fingerprint density at radius 3 is 2.69 bits per heavy atom. The summed E-state index contributed by atoms with van der Waals surface area (Å²) in [6.07, 6.45) is -0.0808. The van der Waals surface area contributed by atoms with Gasteiger partial charge in [0.25, 0.3) is 0 Å². The van der Waals surface area contributed by atoms with Crippen molar-refractivity contribution < 1.29 is 23.1 Å². The number of hydrogen-bond acceptors (Lipinski definition) is 3. The topological polar surface area (TPSA) is 43.4 Å². The second-order valence-electron chi connectivity index (χ2n) is 3.03. The Labute approximate surface area is 91.0 Å². The van der Waals surface area contributed by atoms with E-state index in [2.05, 4.69) is 4.74 Å². The summed E-state index contributed by atoms with van der Waals surface area (Å²) in [6, 6.07) is 1.97. The van der Waals surface area contributed by atoms with E-state index in [1.54, 1.807) is 6.92 Å². The third kappa shape index (κ3) is 2.62. The first-order valence-electron chi connectivity index (χ1n) is 4.67. The fraction of sp³-hybridized carbons (Fsp3) is 0.273. The van der Waals surface area contributed by atoms with Crippen LogP contribution < -0.4 is 0 Å². The zero-order valence-electron chi connectivity index (χ0n) is 8.63. The molecule has 0 atom stereocenters. The summed E-state index contributed by atoms with van der Waals surface area (Å²) in [4.78, 5) is 21.7. The lowest BCUT2D eigenvalue weighted by molar-refractivity contribution is -0.142. The van der Waals surface area contributed by atoms with Gasteiger partial charge in [-0.05, 0) is 19.1 Å². The highest BCUT2D eigenvalue weighted by atomic mass is 19.2. The van der Waals surface area contributed by atoms with E-state index < -0.39 is 24.0 Å². The second-order valence-corrected chi connectivity index (χ2v) is 3.03. The molecule has 0 spiro atoms. The van der Waals surface area contributed by atoms with Crippen molar-refractivity contribution in [3.8, 4) is 0 Å². The van der Waals surface area contributed by atoms with Crippen molar-refractivity contribution in [2.45, 2.75) is 13.3 Å². The predicted octanol–water partition coefficient (Wildman–Crippen LogP) is 1.88. The summed E-state index contributed by atoms with van der Waals surface area (Å²) in [5, 5.41) is 0. The molecular weight excluding hydrogens is 218 g/mol. The molecule has 0 fully saturated rings. The summed E-state index contributed by atoms with van der Waals surface area (Å²) in [5.41, 5.74) is -0.319. The Morgan fingerprint density at radius 2 is 2.12 bits per heavy atom. The van der Waals surface area contributed by atoms with Crippen molar-refractivity contribution in [2.75, 3.05) is 6.61 Å². The zero-order valence-corrected chi connectivity index (χ0v) is 8.63. The number of rotatable bonds is 4. The molecule has 16 heavy (non-hydrogen) atoms. The summed E-state index contributed by atoms with van der Waals surface area (Å²) < 4.78 is 30.8. The molecule has 0 saturated carbocycles. The molecule has 5 heteroatoms. The number of hydrogen-bond donors (Lipinski definition) is 0. The minimum absolute atomic E-state index is 0.0491. The molecule has 0 N–H and O–H groups in total. The minimum atomic E-state index is -1.18. The molecule has 0 bridgehead atoms. The molecule has 1 aromatic rings. The first-order chi connectivity index (χ1) is 7.60. The van der Waals surface area contributed by atoms with Crippen molar-refractivity contribution in [3.63, 3.8) is 0 Å². The molecule has 0 aliphatic carbocycles. The van der Waals surface area contributed by atoms with Crippen LogP contribution in [0.3, 0.4) is 0 Å². The van der Waals surface area contributed by atoms with Gasteiger partial charge in [-0.1, -0.05) is 0 Å². The molecule has 0 aliphatic heterocycles. The maximum Gasteiger partial charge on any atom is 0.310 e. The van der Waals surface area contributed by atoms with Gasteiger partial charge in [0.1, 0.15) is 6.29 Å². The molecule has 0 aliphatic rings. The van der Waals surface area contributed by atoms with E-state index in [1.807, 2.05) is 0 Å². The van der Waals surface area contributed by atoms with Gasteiger partial charge in [0, 0.05) is 11.1 Å². The van der Waals surface area contributed by atoms with Gasteiger partial charge in [-0.2, -0.15) is 0 Å². The average Bonchev–Trinajstić information content (AvgIpc) is 2.25. The van der Waals surface area contributed by atoms with Gasteiger partial charge >= 0.3 is 5.97 Å². The summed E-state index contributed by atoms with van der Waals surface area (Å²) >= 11 is 0. The number of halogens is 2. The molecule has 1 aromatic carbocycles. The van der Waals surface area contributed by atoms with Gasteiger partial charge in [-0.15, -0.1) is 0 Å². The number of esters is 1. The molecular formula is C11H10F2O3. The van der Waals surface area contributed by atoms with Gasteiger partial charge in [-0.3, -0.25) is 9.59 Å². The third-order valence-corrected chi connectivity index (χ3v) is 1.99. The minimum Gasteiger partial charge on any atom is -0.466 e. The van der Waals surface area contributed by atoms with Crippen molar-refractivity contribution in [1.82, 2.24) is 0 Å². The molecule has 3 nitrogen and oxygen atoms in total. The fourth-order valence-corrected chi connectivity index (χ4v) is 1.25. The normalized spacial score (nSPS) is 9.94. The first-order valence-corrected chi connectivity index (χ1v) is 4.67. The van der Waals surface area contributed by atoms with Crippen LogP contribution >= 0.6 is 0 Å². The Bertz CT molecular complexity index is 416. The SMILES string of the molecule is CCOC(=O)Cc1c(C=O)ccc(F)c1F. The molecule has 0 radical (unpaired) electrons. The fourth-order valence-electron chi connectivity index (χ4n) is 1.25. The predicted molar refractivity (Wildman–Crippen MR) is 52.1 cm³/mol. The van der Waals surface area contributed by atoms with Crippen molar-refractivity contribution in [1.29, 1.82) is 0 Å². The van der Waals surface area contributed by atoms with Crippen LogP contribution in [0.25, 0.3) is 0 Å².